The fourth-order valence-corrected chi connectivity index (χ4v) is 4.43. The molecule has 0 atom stereocenters. The number of aryl methyl sites for hydroxylation is 1. The molecule has 0 N–H and O–H groups in total. The minimum absolute atomic E-state index is 0.109. The van der Waals surface area contributed by atoms with Crippen LogP contribution in [0.25, 0.3) is 11.1 Å². The van der Waals surface area contributed by atoms with Gasteiger partial charge in [-0.1, -0.05) is 13.3 Å². The van der Waals surface area contributed by atoms with Crippen molar-refractivity contribution in [2.75, 3.05) is 26.2 Å². The Morgan fingerprint density at radius 1 is 1.24 bits per heavy atom. The molecule has 1 saturated heterocycles. The number of sulfonamides is 1. The zero-order chi connectivity index (χ0) is 18.0. The van der Waals surface area contributed by atoms with Crippen LogP contribution >= 0.6 is 0 Å². The second-order valence-corrected chi connectivity index (χ2v) is 8.19. The number of benzene rings is 1. The molecule has 25 heavy (non-hydrogen) atoms. The molecule has 1 aromatic heterocycles. The van der Waals surface area contributed by atoms with E-state index >= 15 is 0 Å². The molecule has 2 aromatic rings. The maximum Gasteiger partial charge on any atom is 0.243 e. The van der Waals surface area contributed by atoms with E-state index in [1.807, 2.05) is 6.92 Å². The van der Waals surface area contributed by atoms with Crippen molar-refractivity contribution in [2.45, 2.75) is 38.0 Å². The van der Waals surface area contributed by atoms with Gasteiger partial charge in [-0.15, -0.1) is 0 Å². The van der Waals surface area contributed by atoms with Crippen LogP contribution in [0.15, 0.2) is 27.5 Å². The summed E-state index contributed by atoms with van der Waals surface area (Å²) in [6.07, 6.45) is 2.38. The molecule has 136 valence electrons. The zero-order valence-electron chi connectivity index (χ0n) is 14.6. The average molecular weight is 365 g/mol. The van der Waals surface area contributed by atoms with Crippen molar-refractivity contribution in [3.63, 3.8) is 0 Å². The van der Waals surface area contributed by atoms with E-state index in [2.05, 4.69) is 4.98 Å². The summed E-state index contributed by atoms with van der Waals surface area (Å²) in [4.78, 5) is 18.2. The lowest BCUT2D eigenvalue weighted by Crippen LogP contribution is -2.50. The monoisotopic (exact) mass is 365 g/mol. The zero-order valence-corrected chi connectivity index (χ0v) is 15.4. The van der Waals surface area contributed by atoms with E-state index in [4.69, 9.17) is 4.42 Å². The molecule has 1 aliphatic rings. The van der Waals surface area contributed by atoms with Crippen LogP contribution in [0.5, 0.6) is 0 Å². The topological polar surface area (TPSA) is 83.7 Å². The first-order valence-corrected chi connectivity index (χ1v) is 10.0. The molecule has 0 bridgehead atoms. The molecule has 2 heterocycles. The highest BCUT2D eigenvalue weighted by Crippen LogP contribution is 2.23. The van der Waals surface area contributed by atoms with E-state index in [-0.39, 0.29) is 10.8 Å². The number of carbonyl (C=O) groups is 1. The third kappa shape index (κ3) is 3.69. The maximum absolute atomic E-state index is 12.8. The summed E-state index contributed by atoms with van der Waals surface area (Å²) in [7, 11) is -3.60. The van der Waals surface area contributed by atoms with Gasteiger partial charge in [0.1, 0.15) is 5.52 Å². The van der Waals surface area contributed by atoms with Gasteiger partial charge in [-0.25, -0.2) is 13.4 Å². The standard InChI is InChI=1S/C17H23N3O4S/c1-3-4-5-17(21)19-8-10-20(11-9-19)25(22,23)14-6-7-15-16(12-14)24-13(2)18-15/h6-7,12H,3-5,8-11H2,1-2H3. The van der Waals surface area contributed by atoms with E-state index in [1.165, 1.54) is 10.4 Å². The minimum atomic E-state index is -3.60. The maximum atomic E-state index is 12.8. The lowest BCUT2D eigenvalue weighted by atomic mass is 10.2. The second kappa shape index (κ2) is 7.13. The fourth-order valence-electron chi connectivity index (χ4n) is 2.99. The van der Waals surface area contributed by atoms with Crippen molar-refractivity contribution < 1.29 is 17.6 Å². The lowest BCUT2D eigenvalue weighted by molar-refractivity contribution is -0.132. The fraction of sp³-hybridized carbons (Fsp3) is 0.529. The first-order valence-electron chi connectivity index (χ1n) is 8.57. The van der Waals surface area contributed by atoms with Gasteiger partial charge in [-0.3, -0.25) is 4.79 Å². The number of carbonyl (C=O) groups excluding carboxylic acids is 1. The Hall–Kier alpha value is -1.93. The Balaban J connectivity index is 1.71. The smallest absolute Gasteiger partial charge is 0.243 e. The van der Waals surface area contributed by atoms with Crippen LogP contribution in [0.4, 0.5) is 0 Å². The third-order valence-corrected chi connectivity index (χ3v) is 6.33. The quantitative estimate of drug-likeness (QED) is 0.811. The van der Waals surface area contributed by atoms with Crippen LogP contribution in [0.1, 0.15) is 32.1 Å². The number of oxazole rings is 1. The highest BCUT2D eigenvalue weighted by Gasteiger charge is 2.30. The Kier molecular flexibility index (Phi) is 5.10. The average Bonchev–Trinajstić information content (AvgIpc) is 2.98. The van der Waals surface area contributed by atoms with Crippen molar-refractivity contribution >= 4 is 27.0 Å². The van der Waals surface area contributed by atoms with Crippen LogP contribution in [0.3, 0.4) is 0 Å². The summed E-state index contributed by atoms with van der Waals surface area (Å²) >= 11 is 0. The predicted octanol–water partition coefficient (Wildman–Crippen LogP) is 2.16. The van der Waals surface area contributed by atoms with Gasteiger partial charge in [0.25, 0.3) is 0 Å². The molecule has 1 aliphatic heterocycles. The number of piperazine rings is 1. The van der Waals surface area contributed by atoms with Crippen molar-refractivity contribution in [2.24, 2.45) is 0 Å². The number of rotatable bonds is 5. The van der Waals surface area contributed by atoms with Crippen molar-refractivity contribution in [1.29, 1.82) is 0 Å². The van der Waals surface area contributed by atoms with Gasteiger partial charge in [-0.05, 0) is 18.6 Å². The first kappa shape index (κ1) is 17.9. The van der Waals surface area contributed by atoms with E-state index in [1.54, 1.807) is 24.0 Å². The van der Waals surface area contributed by atoms with Gasteiger partial charge in [0, 0.05) is 45.6 Å². The van der Waals surface area contributed by atoms with E-state index < -0.39 is 10.0 Å². The summed E-state index contributed by atoms with van der Waals surface area (Å²) in [6, 6.07) is 4.73. The third-order valence-electron chi connectivity index (χ3n) is 4.44. The Bertz CT molecular complexity index is 867. The van der Waals surface area contributed by atoms with E-state index in [0.29, 0.717) is 49.6 Å². The Morgan fingerprint density at radius 3 is 2.64 bits per heavy atom. The highest BCUT2D eigenvalue weighted by atomic mass is 32.2. The number of aromatic nitrogens is 1. The number of fused-ring (bicyclic) bond motifs is 1. The van der Waals surface area contributed by atoms with Crippen LogP contribution in [-0.2, 0) is 14.8 Å². The SMILES string of the molecule is CCCCC(=O)N1CCN(S(=O)(=O)c2ccc3nc(C)oc3c2)CC1. The van der Waals surface area contributed by atoms with Gasteiger partial charge in [0.2, 0.25) is 15.9 Å². The van der Waals surface area contributed by atoms with Gasteiger partial charge in [-0.2, -0.15) is 4.31 Å². The molecule has 0 unspecified atom stereocenters. The van der Waals surface area contributed by atoms with Gasteiger partial charge < -0.3 is 9.32 Å². The number of unbranched alkanes of at least 4 members (excludes halogenated alkanes) is 1. The lowest BCUT2D eigenvalue weighted by Gasteiger charge is -2.34. The Morgan fingerprint density at radius 2 is 1.96 bits per heavy atom. The van der Waals surface area contributed by atoms with Crippen LogP contribution in [0, 0.1) is 6.92 Å². The molecule has 0 spiro atoms. The molecular formula is C17H23N3O4S. The normalized spacial score (nSPS) is 16.5. The summed E-state index contributed by atoms with van der Waals surface area (Å²) in [5.74, 6) is 0.612. The molecule has 7 nitrogen and oxygen atoms in total. The largest absolute Gasteiger partial charge is 0.441 e. The summed E-state index contributed by atoms with van der Waals surface area (Å²) < 4.78 is 32.6. The van der Waals surface area contributed by atoms with Crippen molar-refractivity contribution in [3.8, 4) is 0 Å². The number of nitrogens with zero attached hydrogens (tertiary/aromatic N) is 3. The molecular weight excluding hydrogens is 342 g/mol. The highest BCUT2D eigenvalue weighted by molar-refractivity contribution is 7.89. The Labute approximate surface area is 147 Å². The molecule has 0 radical (unpaired) electrons. The van der Waals surface area contributed by atoms with Gasteiger partial charge in [0.15, 0.2) is 11.5 Å². The number of hydrogen-bond donors (Lipinski definition) is 0. The summed E-state index contributed by atoms with van der Waals surface area (Å²) in [6.45, 7) is 5.27. The van der Waals surface area contributed by atoms with Crippen LogP contribution in [-0.4, -0.2) is 54.7 Å². The minimum Gasteiger partial charge on any atom is -0.441 e. The molecule has 0 aliphatic carbocycles. The second-order valence-electron chi connectivity index (χ2n) is 6.25. The van der Waals surface area contributed by atoms with Gasteiger partial charge >= 0.3 is 0 Å². The first-order chi connectivity index (χ1) is 11.9. The van der Waals surface area contributed by atoms with Crippen molar-refractivity contribution in [1.82, 2.24) is 14.2 Å². The predicted molar refractivity (Wildman–Crippen MR) is 93.6 cm³/mol. The molecule has 1 fully saturated rings. The van der Waals surface area contributed by atoms with E-state index in [9.17, 15) is 13.2 Å². The summed E-state index contributed by atoms with van der Waals surface area (Å²) in [5, 5.41) is 0. The molecule has 0 saturated carbocycles. The van der Waals surface area contributed by atoms with Crippen LogP contribution in [0.2, 0.25) is 0 Å². The molecule has 3 rings (SSSR count). The summed E-state index contributed by atoms with van der Waals surface area (Å²) in [5.41, 5.74) is 1.11. The van der Waals surface area contributed by atoms with Gasteiger partial charge in [0.05, 0.1) is 4.90 Å². The molecule has 1 amide bonds. The van der Waals surface area contributed by atoms with E-state index in [0.717, 1.165) is 12.8 Å². The van der Waals surface area contributed by atoms with Crippen LogP contribution < -0.4 is 0 Å². The molecule has 1 aromatic carbocycles. The van der Waals surface area contributed by atoms with Crippen molar-refractivity contribution in [3.05, 3.63) is 24.1 Å². The number of hydrogen-bond acceptors (Lipinski definition) is 5. The number of amides is 1. The molecule has 8 heteroatoms.